The van der Waals surface area contributed by atoms with E-state index in [0.717, 1.165) is 16.5 Å². The van der Waals surface area contributed by atoms with E-state index in [4.69, 9.17) is 4.74 Å². The Hall–Kier alpha value is -1.35. The van der Waals surface area contributed by atoms with Crippen LogP contribution >= 0.6 is 15.9 Å². The molecule has 2 rings (SSSR count). The van der Waals surface area contributed by atoms with Crippen LogP contribution in [0.25, 0.3) is 10.8 Å². The Morgan fingerprint density at radius 1 is 1.12 bits per heavy atom. The van der Waals surface area contributed by atoms with Crippen molar-refractivity contribution < 1.29 is 9.53 Å². The first kappa shape index (κ1) is 12.1. The maximum atomic E-state index is 11.1. The third-order valence-corrected chi connectivity index (χ3v) is 3.16. The van der Waals surface area contributed by atoms with Gasteiger partial charge in [0.15, 0.2) is 0 Å². The summed E-state index contributed by atoms with van der Waals surface area (Å²) in [6, 6.07) is 14.0. The molecule has 88 valence electrons. The quantitative estimate of drug-likeness (QED) is 0.788. The Morgan fingerprint density at radius 3 is 2.71 bits per heavy atom. The van der Waals surface area contributed by atoms with Gasteiger partial charge in [0.1, 0.15) is 11.5 Å². The molecule has 0 unspecified atom stereocenters. The molecule has 17 heavy (non-hydrogen) atoms. The number of carbonyl (C=O) groups is 1. The zero-order valence-corrected chi connectivity index (χ0v) is 10.9. The first-order valence-electron chi connectivity index (χ1n) is 5.49. The molecule has 0 spiro atoms. The van der Waals surface area contributed by atoms with Crippen molar-refractivity contribution in [2.24, 2.45) is 0 Å². The first-order chi connectivity index (χ1) is 8.31. The number of halogens is 1. The second-order valence-corrected chi connectivity index (χ2v) is 4.31. The second kappa shape index (κ2) is 5.82. The van der Waals surface area contributed by atoms with Gasteiger partial charge in [-0.1, -0.05) is 52.3 Å². The molecule has 0 saturated heterocycles. The fourth-order valence-corrected chi connectivity index (χ4v) is 1.94. The maximum absolute atomic E-state index is 11.1. The molecule has 0 amide bonds. The molecule has 2 nitrogen and oxygen atoms in total. The number of hydrogen-bond donors (Lipinski definition) is 0. The van der Waals surface area contributed by atoms with Gasteiger partial charge in [0.05, 0.1) is 11.9 Å². The molecule has 0 aliphatic carbocycles. The highest BCUT2D eigenvalue weighted by atomic mass is 79.9. The fourth-order valence-electron chi connectivity index (χ4n) is 1.66. The lowest BCUT2D eigenvalue weighted by Gasteiger charge is -2.08. The summed E-state index contributed by atoms with van der Waals surface area (Å²) in [5.41, 5.74) is 0. The number of hydrogen-bond acceptors (Lipinski definition) is 2. The van der Waals surface area contributed by atoms with Crippen LogP contribution < -0.4 is 4.74 Å². The minimum Gasteiger partial charge on any atom is -0.492 e. The van der Waals surface area contributed by atoms with Gasteiger partial charge in [-0.15, -0.1) is 0 Å². The number of ketones is 1. The lowest BCUT2D eigenvalue weighted by Crippen LogP contribution is -2.06. The first-order valence-corrected chi connectivity index (χ1v) is 6.61. The molecule has 0 heterocycles. The molecule has 0 radical (unpaired) electrons. The smallest absolute Gasteiger partial charge is 0.146 e. The number of rotatable bonds is 5. The van der Waals surface area contributed by atoms with Gasteiger partial charge in [-0.2, -0.15) is 0 Å². The molecule has 0 N–H and O–H groups in total. The lowest BCUT2D eigenvalue weighted by atomic mass is 10.1. The van der Waals surface area contributed by atoms with E-state index >= 15 is 0 Å². The highest BCUT2D eigenvalue weighted by molar-refractivity contribution is 9.09. The van der Waals surface area contributed by atoms with Gasteiger partial charge in [-0.3, -0.25) is 4.79 Å². The van der Waals surface area contributed by atoms with Crippen molar-refractivity contribution in [2.45, 2.75) is 6.42 Å². The minimum absolute atomic E-state index is 0.158. The second-order valence-electron chi connectivity index (χ2n) is 3.75. The highest BCUT2D eigenvalue weighted by Crippen LogP contribution is 2.25. The molecule has 2 aromatic rings. The molecule has 0 bridgehead atoms. The Kier molecular flexibility index (Phi) is 4.15. The van der Waals surface area contributed by atoms with Crippen molar-refractivity contribution in [3.63, 3.8) is 0 Å². The summed E-state index contributed by atoms with van der Waals surface area (Å²) < 4.78 is 5.65. The predicted octanol–water partition coefficient (Wildman–Crippen LogP) is 3.57. The average Bonchev–Trinajstić information content (AvgIpc) is 2.39. The number of alkyl halides is 1. The zero-order chi connectivity index (χ0) is 12.1. The standard InChI is InChI=1S/C14H13BrO2/c15-10-12(16)8-9-17-14-7-3-5-11-4-1-2-6-13(11)14/h1-7H,8-10H2. The van der Waals surface area contributed by atoms with E-state index in [2.05, 4.69) is 15.9 Å². The van der Waals surface area contributed by atoms with E-state index < -0.39 is 0 Å². The van der Waals surface area contributed by atoms with Gasteiger partial charge in [0.2, 0.25) is 0 Å². The van der Waals surface area contributed by atoms with Crippen molar-refractivity contribution in [3.05, 3.63) is 42.5 Å². The van der Waals surface area contributed by atoms with Crippen LogP contribution in [0.15, 0.2) is 42.5 Å². The Bertz CT molecular complexity index is 517. The zero-order valence-electron chi connectivity index (χ0n) is 9.36. The number of carbonyl (C=O) groups excluding carboxylic acids is 1. The van der Waals surface area contributed by atoms with E-state index in [1.165, 1.54) is 0 Å². The Balaban J connectivity index is 2.11. The largest absolute Gasteiger partial charge is 0.492 e. The third-order valence-electron chi connectivity index (χ3n) is 2.54. The minimum atomic E-state index is 0.158. The highest BCUT2D eigenvalue weighted by Gasteiger charge is 2.03. The summed E-state index contributed by atoms with van der Waals surface area (Å²) in [6.07, 6.45) is 0.439. The van der Waals surface area contributed by atoms with Crippen LogP contribution in [0.3, 0.4) is 0 Å². The molecule has 3 heteroatoms. The van der Waals surface area contributed by atoms with Crippen LogP contribution in [0.1, 0.15) is 6.42 Å². The van der Waals surface area contributed by atoms with Crippen molar-refractivity contribution in [2.75, 3.05) is 11.9 Å². The number of ether oxygens (including phenoxy) is 1. The SMILES string of the molecule is O=C(CBr)CCOc1cccc2ccccc12. The van der Waals surface area contributed by atoms with Gasteiger partial charge in [0.25, 0.3) is 0 Å². The molecule has 0 atom stereocenters. The van der Waals surface area contributed by atoms with E-state index in [-0.39, 0.29) is 5.78 Å². The van der Waals surface area contributed by atoms with E-state index in [9.17, 15) is 4.79 Å². The summed E-state index contributed by atoms with van der Waals surface area (Å²) in [7, 11) is 0. The average molecular weight is 293 g/mol. The van der Waals surface area contributed by atoms with Gasteiger partial charge >= 0.3 is 0 Å². The molecule has 0 aliphatic heterocycles. The van der Waals surface area contributed by atoms with Crippen LogP contribution in [0, 0.1) is 0 Å². The lowest BCUT2D eigenvalue weighted by molar-refractivity contribution is -0.116. The number of benzene rings is 2. The monoisotopic (exact) mass is 292 g/mol. The van der Waals surface area contributed by atoms with Crippen LogP contribution in [0.4, 0.5) is 0 Å². The van der Waals surface area contributed by atoms with Crippen molar-refractivity contribution in [1.82, 2.24) is 0 Å². The van der Waals surface area contributed by atoms with E-state index in [1.807, 2.05) is 42.5 Å². The predicted molar refractivity (Wildman–Crippen MR) is 72.9 cm³/mol. The number of Topliss-reactive ketones (excluding diaryl/α,β-unsaturated/α-hetero) is 1. The summed E-state index contributed by atoms with van der Waals surface area (Å²) in [4.78, 5) is 11.1. The third kappa shape index (κ3) is 3.07. The summed E-state index contributed by atoms with van der Waals surface area (Å²) in [5, 5.41) is 2.63. The Morgan fingerprint density at radius 2 is 1.88 bits per heavy atom. The van der Waals surface area contributed by atoms with Crippen LogP contribution in [-0.2, 0) is 4.79 Å². The van der Waals surface area contributed by atoms with Gasteiger partial charge in [0, 0.05) is 11.8 Å². The summed E-state index contributed by atoms with van der Waals surface area (Å²) >= 11 is 3.14. The van der Waals surface area contributed by atoms with Gasteiger partial charge in [-0.25, -0.2) is 0 Å². The molecular formula is C14H13BrO2. The van der Waals surface area contributed by atoms with Gasteiger partial charge < -0.3 is 4.74 Å². The molecule has 0 aliphatic rings. The van der Waals surface area contributed by atoms with E-state index in [0.29, 0.717) is 18.4 Å². The number of fused-ring (bicyclic) bond motifs is 1. The van der Waals surface area contributed by atoms with Crippen molar-refractivity contribution >= 4 is 32.5 Å². The van der Waals surface area contributed by atoms with Crippen molar-refractivity contribution in [1.29, 1.82) is 0 Å². The topological polar surface area (TPSA) is 26.3 Å². The summed E-state index contributed by atoms with van der Waals surface area (Å²) in [5.74, 6) is 0.996. The van der Waals surface area contributed by atoms with Gasteiger partial charge in [-0.05, 0) is 11.5 Å². The molecule has 2 aromatic carbocycles. The van der Waals surface area contributed by atoms with E-state index in [1.54, 1.807) is 0 Å². The Labute approximate surface area is 109 Å². The molecule has 0 fully saturated rings. The molecule has 0 aromatic heterocycles. The normalized spacial score (nSPS) is 10.4. The van der Waals surface area contributed by atoms with Crippen LogP contribution in [-0.4, -0.2) is 17.7 Å². The van der Waals surface area contributed by atoms with Crippen LogP contribution in [0.2, 0.25) is 0 Å². The fraction of sp³-hybridized carbons (Fsp3) is 0.214. The summed E-state index contributed by atoms with van der Waals surface area (Å²) in [6.45, 7) is 0.429. The molecular weight excluding hydrogens is 280 g/mol. The maximum Gasteiger partial charge on any atom is 0.146 e. The van der Waals surface area contributed by atoms with Crippen molar-refractivity contribution in [3.8, 4) is 5.75 Å². The molecule has 0 saturated carbocycles. The van der Waals surface area contributed by atoms with Crippen LogP contribution in [0.5, 0.6) is 5.75 Å².